The van der Waals surface area contributed by atoms with Crippen LogP contribution >= 0.6 is 0 Å². The number of benzene rings is 3. The SMILES string of the molecule is BC(CC)(CC)C1CC(=O)N(c2ccccc2C(=O)Nc2ccc(Nc3ccccc3)cc2)C1=O. The number of anilines is 4. The van der Waals surface area contributed by atoms with Gasteiger partial charge in [0.25, 0.3) is 5.91 Å². The van der Waals surface area contributed by atoms with E-state index in [4.69, 9.17) is 0 Å². The van der Waals surface area contributed by atoms with Gasteiger partial charge in [-0.05, 0) is 53.8 Å². The Morgan fingerprint density at radius 2 is 1.46 bits per heavy atom. The largest absolute Gasteiger partial charge is 0.356 e. The van der Waals surface area contributed by atoms with Gasteiger partial charge in [-0.25, -0.2) is 4.90 Å². The normalized spacial score (nSPS) is 15.8. The molecule has 0 spiro atoms. The maximum absolute atomic E-state index is 13.4. The van der Waals surface area contributed by atoms with E-state index in [-0.39, 0.29) is 40.9 Å². The van der Waals surface area contributed by atoms with Crippen LogP contribution in [-0.2, 0) is 9.59 Å². The highest BCUT2D eigenvalue weighted by atomic mass is 16.2. The van der Waals surface area contributed by atoms with E-state index < -0.39 is 0 Å². The number of para-hydroxylation sites is 2. The second-order valence-corrected chi connectivity index (χ2v) is 9.22. The van der Waals surface area contributed by atoms with E-state index in [0.717, 1.165) is 24.2 Å². The second kappa shape index (κ2) is 10.2. The van der Waals surface area contributed by atoms with Crippen molar-refractivity contribution in [2.75, 3.05) is 15.5 Å². The van der Waals surface area contributed by atoms with Crippen LogP contribution in [0.25, 0.3) is 0 Å². The topological polar surface area (TPSA) is 78.5 Å². The van der Waals surface area contributed by atoms with Gasteiger partial charge in [0.2, 0.25) is 11.8 Å². The molecule has 0 saturated carbocycles. The molecule has 1 heterocycles. The Hall–Kier alpha value is -3.87. The molecule has 1 atom stereocenters. The van der Waals surface area contributed by atoms with Crippen LogP contribution in [0.4, 0.5) is 22.7 Å². The summed E-state index contributed by atoms with van der Waals surface area (Å²) in [6.07, 6.45) is 1.78. The van der Waals surface area contributed by atoms with Crippen molar-refractivity contribution in [2.24, 2.45) is 5.92 Å². The molecule has 1 aliphatic rings. The van der Waals surface area contributed by atoms with Crippen LogP contribution in [0.15, 0.2) is 78.9 Å². The Balaban J connectivity index is 1.53. The Kier molecular flexibility index (Phi) is 7.06. The van der Waals surface area contributed by atoms with Gasteiger partial charge in [-0.3, -0.25) is 14.4 Å². The number of hydrogen-bond donors (Lipinski definition) is 2. The molecule has 1 aliphatic heterocycles. The molecule has 3 aromatic rings. The summed E-state index contributed by atoms with van der Waals surface area (Å²) in [5.41, 5.74) is 3.10. The number of nitrogens with one attached hydrogen (secondary N) is 2. The Labute approximate surface area is 207 Å². The predicted octanol–water partition coefficient (Wildman–Crippen LogP) is 5.17. The van der Waals surface area contributed by atoms with Crippen molar-refractivity contribution in [1.29, 1.82) is 0 Å². The number of carbonyl (C=O) groups excluding carboxylic acids is 3. The summed E-state index contributed by atoms with van der Waals surface area (Å²) in [4.78, 5) is 40.7. The molecule has 7 heteroatoms. The minimum absolute atomic E-state index is 0.169. The molecule has 2 N–H and O–H groups in total. The Morgan fingerprint density at radius 1 is 0.886 bits per heavy atom. The zero-order chi connectivity index (χ0) is 25.0. The molecule has 35 heavy (non-hydrogen) atoms. The highest BCUT2D eigenvalue weighted by molar-refractivity contribution is 6.27. The van der Waals surface area contributed by atoms with E-state index in [2.05, 4.69) is 18.5 Å². The summed E-state index contributed by atoms with van der Waals surface area (Å²) < 4.78 is 0. The molecule has 3 amide bonds. The van der Waals surface area contributed by atoms with Crippen LogP contribution in [0.1, 0.15) is 43.5 Å². The van der Waals surface area contributed by atoms with Crippen molar-refractivity contribution in [3.05, 3.63) is 84.4 Å². The highest BCUT2D eigenvalue weighted by Crippen LogP contribution is 2.46. The van der Waals surface area contributed by atoms with Crippen molar-refractivity contribution < 1.29 is 14.4 Å². The zero-order valence-electron chi connectivity index (χ0n) is 20.4. The molecule has 0 aromatic heterocycles. The highest BCUT2D eigenvalue weighted by Gasteiger charge is 2.48. The lowest BCUT2D eigenvalue weighted by Gasteiger charge is -2.32. The molecule has 4 rings (SSSR count). The van der Waals surface area contributed by atoms with Crippen LogP contribution in [0.3, 0.4) is 0 Å². The van der Waals surface area contributed by atoms with Crippen LogP contribution < -0.4 is 15.5 Å². The first-order valence-corrected chi connectivity index (χ1v) is 12.1. The monoisotopic (exact) mass is 467 g/mol. The molecule has 1 saturated heterocycles. The molecular formula is C28H30BN3O3. The van der Waals surface area contributed by atoms with Gasteiger partial charge in [0, 0.05) is 29.4 Å². The fourth-order valence-corrected chi connectivity index (χ4v) is 4.56. The summed E-state index contributed by atoms with van der Waals surface area (Å²) in [6.45, 7) is 4.10. The fourth-order valence-electron chi connectivity index (χ4n) is 4.56. The summed E-state index contributed by atoms with van der Waals surface area (Å²) >= 11 is 0. The molecule has 0 aliphatic carbocycles. The number of imide groups is 1. The van der Waals surface area contributed by atoms with E-state index in [0.29, 0.717) is 11.4 Å². The van der Waals surface area contributed by atoms with E-state index >= 15 is 0 Å². The van der Waals surface area contributed by atoms with Crippen LogP contribution in [0, 0.1) is 5.92 Å². The molecular weight excluding hydrogens is 437 g/mol. The van der Waals surface area contributed by atoms with E-state index in [1.807, 2.05) is 68.4 Å². The minimum Gasteiger partial charge on any atom is -0.356 e. The van der Waals surface area contributed by atoms with Crippen molar-refractivity contribution in [1.82, 2.24) is 0 Å². The molecule has 0 radical (unpaired) electrons. The third-order valence-corrected chi connectivity index (χ3v) is 7.20. The average molecular weight is 467 g/mol. The van der Waals surface area contributed by atoms with Gasteiger partial charge in [0.1, 0.15) is 7.85 Å². The molecule has 1 unspecified atom stereocenters. The van der Waals surface area contributed by atoms with Gasteiger partial charge in [-0.1, -0.05) is 57.0 Å². The number of rotatable bonds is 8. The lowest BCUT2D eigenvalue weighted by molar-refractivity contribution is -0.122. The number of carbonyl (C=O) groups is 3. The van der Waals surface area contributed by atoms with E-state index in [1.54, 1.807) is 24.3 Å². The summed E-state index contributed by atoms with van der Waals surface area (Å²) in [5, 5.41) is 5.94. The predicted molar refractivity (Wildman–Crippen MR) is 143 cm³/mol. The number of amides is 3. The Bertz CT molecular complexity index is 1220. The van der Waals surface area contributed by atoms with Gasteiger partial charge < -0.3 is 10.6 Å². The fraction of sp³-hybridized carbons (Fsp3) is 0.250. The van der Waals surface area contributed by atoms with Gasteiger partial charge in [0.15, 0.2) is 0 Å². The first-order chi connectivity index (χ1) is 16.9. The van der Waals surface area contributed by atoms with Gasteiger partial charge >= 0.3 is 0 Å². The second-order valence-electron chi connectivity index (χ2n) is 9.22. The van der Waals surface area contributed by atoms with Gasteiger partial charge in [0.05, 0.1) is 11.3 Å². The van der Waals surface area contributed by atoms with Crippen LogP contribution in [0.5, 0.6) is 0 Å². The first-order valence-electron chi connectivity index (χ1n) is 12.1. The lowest BCUT2D eigenvalue weighted by atomic mass is 9.57. The lowest BCUT2D eigenvalue weighted by Crippen LogP contribution is -2.35. The molecule has 1 fully saturated rings. The van der Waals surface area contributed by atoms with E-state index in [1.165, 1.54) is 4.90 Å². The Morgan fingerprint density at radius 3 is 2.11 bits per heavy atom. The third kappa shape index (κ3) is 4.99. The smallest absolute Gasteiger partial charge is 0.257 e. The standard InChI is InChI=1S/C28H30BN3O3/c1-3-28(29,4-2)23-18-25(33)32(27(23)35)24-13-9-8-12-22(24)26(34)31-21-16-14-20(15-17-21)30-19-10-6-5-7-11-19/h5-17,23,30H,3-4,18,29H2,1-2H3,(H,31,34). The van der Waals surface area contributed by atoms with Crippen LogP contribution in [-0.4, -0.2) is 25.6 Å². The van der Waals surface area contributed by atoms with Crippen molar-refractivity contribution >= 4 is 48.3 Å². The molecule has 6 nitrogen and oxygen atoms in total. The summed E-state index contributed by atoms with van der Waals surface area (Å²) in [6, 6.07) is 24.0. The van der Waals surface area contributed by atoms with Gasteiger partial charge in [-0.15, -0.1) is 0 Å². The first kappa shape index (κ1) is 24.3. The third-order valence-electron chi connectivity index (χ3n) is 7.20. The maximum atomic E-state index is 13.4. The quantitative estimate of drug-likeness (QED) is 0.354. The summed E-state index contributed by atoms with van der Waals surface area (Å²) in [7, 11) is 2.06. The molecule has 0 bridgehead atoms. The molecule has 178 valence electrons. The van der Waals surface area contributed by atoms with Crippen molar-refractivity contribution in [3.8, 4) is 0 Å². The van der Waals surface area contributed by atoms with Crippen LogP contribution in [0.2, 0.25) is 5.31 Å². The average Bonchev–Trinajstić information content (AvgIpc) is 3.19. The molecule has 3 aromatic carbocycles. The van der Waals surface area contributed by atoms with Crippen molar-refractivity contribution in [2.45, 2.75) is 38.4 Å². The van der Waals surface area contributed by atoms with Gasteiger partial charge in [-0.2, -0.15) is 0 Å². The van der Waals surface area contributed by atoms with E-state index in [9.17, 15) is 14.4 Å². The maximum Gasteiger partial charge on any atom is 0.257 e. The van der Waals surface area contributed by atoms with Crippen molar-refractivity contribution in [3.63, 3.8) is 0 Å². The number of hydrogen-bond acceptors (Lipinski definition) is 4. The zero-order valence-corrected chi connectivity index (χ0v) is 20.4. The summed E-state index contributed by atoms with van der Waals surface area (Å²) in [5.74, 6) is -1.24. The number of nitrogens with zero attached hydrogens (tertiary/aromatic N) is 1. The minimum atomic E-state index is -0.384.